The minimum absolute atomic E-state index is 0.185. The lowest BCUT2D eigenvalue weighted by atomic mass is 10.3. The topological polar surface area (TPSA) is 26.3 Å². The lowest BCUT2D eigenvalue weighted by molar-refractivity contribution is -0.118. The Morgan fingerprint density at radius 1 is 1.56 bits per heavy atom. The van der Waals surface area contributed by atoms with Crippen LogP contribution >= 0.6 is 15.9 Å². The van der Waals surface area contributed by atoms with E-state index in [-0.39, 0.29) is 5.78 Å². The Balaban J connectivity index is 2.83. The molecule has 0 rings (SSSR count). The minimum atomic E-state index is 0.185. The van der Waals surface area contributed by atoms with Gasteiger partial charge in [-0.25, -0.2) is 0 Å². The van der Waals surface area contributed by atoms with Crippen molar-refractivity contribution in [3.05, 3.63) is 0 Å². The molecule has 0 aromatic heterocycles. The first-order chi connectivity index (χ1) is 4.27. The minimum Gasteiger partial charge on any atom is -0.380 e. The lowest BCUT2D eigenvalue weighted by Gasteiger charge is -1.96. The molecule has 3 heteroatoms. The molecule has 0 heterocycles. The first-order valence-corrected chi connectivity index (χ1v) is 4.02. The fourth-order valence-corrected chi connectivity index (χ4v) is 0.601. The molecule has 0 aromatic rings. The number of ether oxygens (including phenoxy) is 1. The van der Waals surface area contributed by atoms with E-state index in [0.717, 1.165) is 5.33 Å². The molecule has 0 radical (unpaired) electrons. The van der Waals surface area contributed by atoms with Crippen LogP contribution in [0.3, 0.4) is 0 Å². The molecule has 9 heavy (non-hydrogen) atoms. The van der Waals surface area contributed by atoms with Gasteiger partial charge in [0.05, 0.1) is 13.2 Å². The second kappa shape index (κ2) is 6.23. The van der Waals surface area contributed by atoms with Gasteiger partial charge in [0.2, 0.25) is 0 Å². The van der Waals surface area contributed by atoms with Crippen molar-refractivity contribution in [1.82, 2.24) is 0 Å². The van der Waals surface area contributed by atoms with Crippen molar-refractivity contribution in [2.24, 2.45) is 0 Å². The Labute approximate surface area is 63.7 Å². The Morgan fingerprint density at radius 3 is 2.67 bits per heavy atom. The summed E-state index contributed by atoms with van der Waals surface area (Å²) in [6.45, 7) is 2.81. The number of ketones is 1. The van der Waals surface area contributed by atoms with Crippen LogP contribution in [0.1, 0.15) is 13.3 Å². The van der Waals surface area contributed by atoms with Gasteiger partial charge in [-0.3, -0.25) is 4.79 Å². The maximum absolute atomic E-state index is 10.3. The van der Waals surface area contributed by atoms with E-state index in [0.29, 0.717) is 19.6 Å². The molecule has 0 atom stereocenters. The van der Waals surface area contributed by atoms with Crippen molar-refractivity contribution in [2.45, 2.75) is 13.3 Å². The van der Waals surface area contributed by atoms with Crippen molar-refractivity contribution in [2.75, 3.05) is 18.5 Å². The second-order valence-corrected chi connectivity index (χ2v) is 2.55. The number of alkyl halides is 1. The van der Waals surface area contributed by atoms with Gasteiger partial charge < -0.3 is 4.74 Å². The zero-order chi connectivity index (χ0) is 7.11. The highest BCUT2D eigenvalue weighted by Gasteiger charge is 1.91. The first kappa shape index (κ1) is 9.11. The average Bonchev–Trinajstić information content (AvgIpc) is 1.80. The third-order valence-electron chi connectivity index (χ3n) is 0.820. The first-order valence-electron chi connectivity index (χ1n) is 2.90. The van der Waals surface area contributed by atoms with E-state index in [1.54, 1.807) is 6.92 Å². The van der Waals surface area contributed by atoms with Crippen LogP contribution in [0.5, 0.6) is 0 Å². The summed E-state index contributed by atoms with van der Waals surface area (Å²) in [5.74, 6) is 0.185. The van der Waals surface area contributed by atoms with Crippen molar-refractivity contribution in [3.8, 4) is 0 Å². The van der Waals surface area contributed by atoms with Crippen LogP contribution in [0, 0.1) is 0 Å². The molecule has 0 aromatic carbocycles. The van der Waals surface area contributed by atoms with Gasteiger partial charge in [-0.15, -0.1) is 0 Å². The molecule has 54 valence electrons. The number of carbonyl (C=O) groups is 1. The maximum Gasteiger partial charge on any atom is 0.132 e. The molecule has 0 amide bonds. The normalized spacial score (nSPS) is 9.56. The van der Waals surface area contributed by atoms with Gasteiger partial charge >= 0.3 is 0 Å². The summed E-state index contributed by atoms with van der Waals surface area (Å²) in [4.78, 5) is 10.3. The smallest absolute Gasteiger partial charge is 0.132 e. The number of carbonyl (C=O) groups excluding carboxylic acids is 1. The molecule has 0 bridgehead atoms. The van der Waals surface area contributed by atoms with Crippen LogP contribution in [-0.4, -0.2) is 24.3 Å². The fraction of sp³-hybridized carbons (Fsp3) is 0.833. The molecule has 0 aliphatic carbocycles. The summed E-state index contributed by atoms with van der Waals surface area (Å²) in [6.07, 6.45) is 0.535. The molecule has 0 spiro atoms. The molecular formula is C6H11BrO2. The Kier molecular flexibility index (Phi) is 6.31. The third kappa shape index (κ3) is 8.11. The fourth-order valence-electron chi connectivity index (χ4n) is 0.373. The molecule has 0 unspecified atom stereocenters. The molecule has 0 saturated carbocycles. The van der Waals surface area contributed by atoms with E-state index in [2.05, 4.69) is 15.9 Å². The Hall–Kier alpha value is 0.110. The largest absolute Gasteiger partial charge is 0.380 e. The number of Topliss-reactive ketones (excluding diaryl/α,β-unsaturated/α-hetero) is 1. The van der Waals surface area contributed by atoms with Crippen LogP contribution in [0.25, 0.3) is 0 Å². The molecule has 2 nitrogen and oxygen atoms in total. The van der Waals surface area contributed by atoms with Gasteiger partial charge in [0.25, 0.3) is 0 Å². The highest BCUT2D eigenvalue weighted by Crippen LogP contribution is 1.86. The van der Waals surface area contributed by atoms with Gasteiger partial charge in [-0.1, -0.05) is 15.9 Å². The summed E-state index contributed by atoms with van der Waals surface area (Å²) in [6, 6.07) is 0. The molecular weight excluding hydrogens is 184 g/mol. The van der Waals surface area contributed by atoms with Crippen LogP contribution in [0.15, 0.2) is 0 Å². The summed E-state index contributed by atoms with van der Waals surface area (Å²) >= 11 is 3.21. The summed E-state index contributed by atoms with van der Waals surface area (Å²) < 4.78 is 5.03. The van der Waals surface area contributed by atoms with Crippen LogP contribution < -0.4 is 0 Å². The number of rotatable bonds is 5. The zero-order valence-electron chi connectivity index (χ0n) is 5.52. The molecule has 0 aliphatic heterocycles. The van der Waals surface area contributed by atoms with E-state index >= 15 is 0 Å². The zero-order valence-corrected chi connectivity index (χ0v) is 7.11. The van der Waals surface area contributed by atoms with Crippen molar-refractivity contribution < 1.29 is 9.53 Å². The van der Waals surface area contributed by atoms with E-state index in [9.17, 15) is 4.79 Å². The van der Waals surface area contributed by atoms with Crippen molar-refractivity contribution in [1.29, 1.82) is 0 Å². The van der Waals surface area contributed by atoms with E-state index in [1.807, 2.05) is 0 Å². The number of hydrogen-bond acceptors (Lipinski definition) is 2. The Morgan fingerprint density at radius 2 is 2.22 bits per heavy atom. The van der Waals surface area contributed by atoms with Gasteiger partial charge in [0.1, 0.15) is 5.78 Å². The van der Waals surface area contributed by atoms with Crippen LogP contribution in [0.4, 0.5) is 0 Å². The highest BCUT2D eigenvalue weighted by atomic mass is 79.9. The number of hydrogen-bond donors (Lipinski definition) is 0. The SMILES string of the molecule is CC(=O)CCOCCBr. The predicted octanol–water partition coefficient (Wildman–Crippen LogP) is 1.38. The quantitative estimate of drug-likeness (QED) is 0.489. The van der Waals surface area contributed by atoms with E-state index in [4.69, 9.17) is 4.74 Å². The van der Waals surface area contributed by atoms with Gasteiger partial charge in [-0.05, 0) is 6.92 Å². The van der Waals surface area contributed by atoms with Gasteiger partial charge in [0, 0.05) is 11.8 Å². The maximum atomic E-state index is 10.3. The summed E-state index contributed by atoms with van der Waals surface area (Å²) in [5.41, 5.74) is 0. The predicted molar refractivity (Wildman–Crippen MR) is 39.9 cm³/mol. The van der Waals surface area contributed by atoms with Gasteiger partial charge in [0.15, 0.2) is 0 Å². The van der Waals surface area contributed by atoms with Crippen molar-refractivity contribution >= 4 is 21.7 Å². The molecule has 0 N–H and O–H groups in total. The number of halogens is 1. The molecule has 0 aliphatic rings. The van der Waals surface area contributed by atoms with Crippen LogP contribution in [0.2, 0.25) is 0 Å². The molecule has 0 fully saturated rings. The summed E-state index contributed by atoms with van der Waals surface area (Å²) in [7, 11) is 0. The molecule has 0 saturated heterocycles. The van der Waals surface area contributed by atoms with Crippen molar-refractivity contribution in [3.63, 3.8) is 0 Å². The monoisotopic (exact) mass is 194 g/mol. The third-order valence-corrected chi connectivity index (χ3v) is 1.14. The standard InChI is InChI=1S/C6H11BrO2/c1-6(8)2-4-9-5-3-7/h2-5H2,1H3. The average molecular weight is 195 g/mol. The Bertz CT molecular complexity index is 83.1. The van der Waals surface area contributed by atoms with Crippen LogP contribution in [-0.2, 0) is 9.53 Å². The lowest BCUT2D eigenvalue weighted by Crippen LogP contribution is -2.01. The van der Waals surface area contributed by atoms with Gasteiger partial charge in [-0.2, -0.15) is 0 Å². The second-order valence-electron chi connectivity index (χ2n) is 1.75. The van der Waals surface area contributed by atoms with E-state index < -0.39 is 0 Å². The highest BCUT2D eigenvalue weighted by molar-refractivity contribution is 9.09. The summed E-state index contributed by atoms with van der Waals surface area (Å²) in [5, 5.41) is 0.838. The van der Waals surface area contributed by atoms with E-state index in [1.165, 1.54) is 0 Å².